The van der Waals surface area contributed by atoms with Crippen molar-refractivity contribution in [2.45, 2.75) is 0 Å². The molecule has 0 saturated heterocycles. The van der Waals surface area contributed by atoms with Crippen LogP contribution in [0.2, 0.25) is 0 Å². The van der Waals surface area contributed by atoms with Crippen LogP contribution >= 0.6 is 0 Å². The molecule has 3 N–H and O–H groups in total. The minimum Gasteiger partial charge on any atom is -0.486 e. The lowest BCUT2D eigenvalue weighted by atomic mass is 10.2. The first-order valence-electron chi connectivity index (χ1n) is 6.06. The van der Waals surface area contributed by atoms with E-state index in [1.807, 2.05) is 0 Å². The van der Waals surface area contributed by atoms with Crippen LogP contribution in [0.3, 0.4) is 0 Å². The SMILES string of the molecule is Nc1ncnc(Nc2ccc3c(c2)OCCO3)c1[N+](=O)[O-]. The zero-order chi connectivity index (χ0) is 14.8. The van der Waals surface area contributed by atoms with E-state index in [1.54, 1.807) is 18.2 Å². The van der Waals surface area contributed by atoms with E-state index in [1.165, 1.54) is 0 Å². The average Bonchev–Trinajstić information content (AvgIpc) is 2.47. The van der Waals surface area contributed by atoms with Crippen LogP contribution in [0.15, 0.2) is 24.5 Å². The summed E-state index contributed by atoms with van der Waals surface area (Å²) in [5.41, 5.74) is 5.71. The predicted octanol–water partition coefficient (Wildman–Crippen LogP) is 1.48. The molecular formula is C12H11N5O4. The smallest absolute Gasteiger partial charge is 0.353 e. The predicted molar refractivity (Wildman–Crippen MR) is 73.8 cm³/mol. The van der Waals surface area contributed by atoms with E-state index in [0.717, 1.165) is 6.33 Å². The Kier molecular flexibility index (Phi) is 3.14. The molecular weight excluding hydrogens is 278 g/mol. The van der Waals surface area contributed by atoms with Gasteiger partial charge in [-0.2, -0.15) is 0 Å². The summed E-state index contributed by atoms with van der Waals surface area (Å²) in [6, 6.07) is 5.10. The van der Waals surface area contributed by atoms with Crippen LogP contribution in [-0.4, -0.2) is 28.1 Å². The summed E-state index contributed by atoms with van der Waals surface area (Å²) in [5.74, 6) is 1.01. The lowest BCUT2D eigenvalue weighted by Gasteiger charge is -2.19. The van der Waals surface area contributed by atoms with Gasteiger partial charge in [0.05, 0.1) is 4.92 Å². The number of nitrogens with zero attached hydrogens (tertiary/aromatic N) is 3. The third kappa shape index (κ3) is 2.48. The first kappa shape index (κ1) is 12.9. The van der Waals surface area contributed by atoms with E-state index in [2.05, 4.69) is 15.3 Å². The van der Waals surface area contributed by atoms with Crippen molar-refractivity contribution in [3.05, 3.63) is 34.6 Å². The minimum atomic E-state index is -0.629. The summed E-state index contributed by atoms with van der Waals surface area (Å²) in [7, 11) is 0. The fourth-order valence-electron chi connectivity index (χ4n) is 1.92. The van der Waals surface area contributed by atoms with Crippen molar-refractivity contribution in [3.8, 4) is 11.5 Å². The molecule has 2 heterocycles. The summed E-state index contributed by atoms with van der Waals surface area (Å²) in [6.45, 7) is 0.949. The number of hydrogen-bond acceptors (Lipinski definition) is 8. The number of nitrogens with one attached hydrogen (secondary N) is 1. The van der Waals surface area contributed by atoms with Crippen molar-refractivity contribution in [3.63, 3.8) is 0 Å². The fraction of sp³-hybridized carbons (Fsp3) is 0.167. The second-order valence-electron chi connectivity index (χ2n) is 4.20. The highest BCUT2D eigenvalue weighted by Gasteiger charge is 2.21. The molecule has 1 aliphatic rings. The Hall–Kier alpha value is -3.10. The van der Waals surface area contributed by atoms with Gasteiger partial charge in [0.15, 0.2) is 11.5 Å². The van der Waals surface area contributed by atoms with Gasteiger partial charge < -0.3 is 20.5 Å². The quantitative estimate of drug-likeness (QED) is 0.642. The third-order valence-corrected chi connectivity index (χ3v) is 2.84. The van der Waals surface area contributed by atoms with Crippen LogP contribution in [0, 0.1) is 10.1 Å². The summed E-state index contributed by atoms with van der Waals surface area (Å²) < 4.78 is 10.8. The van der Waals surface area contributed by atoms with Crippen LogP contribution in [0.1, 0.15) is 0 Å². The Morgan fingerprint density at radius 3 is 2.76 bits per heavy atom. The molecule has 0 amide bonds. The third-order valence-electron chi connectivity index (χ3n) is 2.84. The number of anilines is 3. The van der Waals surface area contributed by atoms with Gasteiger partial charge in [0.2, 0.25) is 11.6 Å². The Morgan fingerprint density at radius 1 is 1.24 bits per heavy atom. The first-order chi connectivity index (χ1) is 10.1. The number of fused-ring (bicyclic) bond motifs is 1. The largest absolute Gasteiger partial charge is 0.486 e. The van der Waals surface area contributed by atoms with E-state index in [9.17, 15) is 10.1 Å². The molecule has 0 spiro atoms. The van der Waals surface area contributed by atoms with Gasteiger partial charge in [-0.25, -0.2) is 9.97 Å². The zero-order valence-corrected chi connectivity index (χ0v) is 10.8. The number of benzene rings is 1. The maximum Gasteiger partial charge on any atom is 0.353 e. The average molecular weight is 289 g/mol. The molecule has 108 valence electrons. The van der Waals surface area contributed by atoms with E-state index in [-0.39, 0.29) is 17.3 Å². The molecule has 9 nitrogen and oxygen atoms in total. The monoisotopic (exact) mass is 289 g/mol. The van der Waals surface area contributed by atoms with Gasteiger partial charge in [-0.3, -0.25) is 10.1 Å². The molecule has 0 unspecified atom stereocenters. The molecule has 0 fully saturated rings. The van der Waals surface area contributed by atoms with E-state index < -0.39 is 4.92 Å². The van der Waals surface area contributed by atoms with Crippen molar-refractivity contribution in [1.82, 2.24) is 9.97 Å². The molecule has 0 saturated carbocycles. The van der Waals surface area contributed by atoms with Gasteiger partial charge in [-0.15, -0.1) is 0 Å². The summed E-state index contributed by atoms with van der Waals surface area (Å²) in [5, 5.41) is 13.9. The molecule has 1 aliphatic heterocycles. The lowest BCUT2D eigenvalue weighted by molar-refractivity contribution is -0.383. The summed E-state index contributed by atoms with van der Waals surface area (Å²) in [4.78, 5) is 17.9. The number of ether oxygens (including phenoxy) is 2. The number of nitrogens with two attached hydrogens (primary N) is 1. The van der Waals surface area contributed by atoms with Crippen LogP contribution in [0.4, 0.5) is 23.0 Å². The lowest BCUT2D eigenvalue weighted by Crippen LogP contribution is -2.15. The molecule has 1 aromatic heterocycles. The second-order valence-corrected chi connectivity index (χ2v) is 4.20. The molecule has 0 atom stereocenters. The summed E-state index contributed by atoms with van der Waals surface area (Å²) >= 11 is 0. The Balaban J connectivity index is 1.94. The van der Waals surface area contributed by atoms with Gasteiger partial charge in [-0.1, -0.05) is 0 Å². The van der Waals surface area contributed by atoms with Crippen molar-refractivity contribution in [1.29, 1.82) is 0 Å². The van der Waals surface area contributed by atoms with Crippen LogP contribution in [0.5, 0.6) is 11.5 Å². The number of nitrogen functional groups attached to an aromatic ring is 1. The molecule has 21 heavy (non-hydrogen) atoms. The van der Waals surface area contributed by atoms with Gasteiger partial charge in [0.1, 0.15) is 19.5 Å². The number of aromatic nitrogens is 2. The second kappa shape index (κ2) is 5.12. The standard InChI is InChI=1S/C12H11N5O4/c13-11-10(17(18)19)12(15-6-14-11)16-7-1-2-8-9(5-7)21-4-3-20-8/h1-2,5-6H,3-4H2,(H3,13,14,15,16). The zero-order valence-electron chi connectivity index (χ0n) is 10.8. The normalized spacial score (nSPS) is 12.8. The maximum absolute atomic E-state index is 11.0. The molecule has 0 bridgehead atoms. The van der Waals surface area contributed by atoms with Gasteiger partial charge >= 0.3 is 5.69 Å². The Morgan fingerprint density at radius 2 is 2.00 bits per heavy atom. The molecule has 0 aliphatic carbocycles. The molecule has 1 aromatic carbocycles. The Bertz CT molecular complexity index is 706. The maximum atomic E-state index is 11.0. The van der Waals surface area contributed by atoms with Gasteiger partial charge in [0.25, 0.3) is 0 Å². The number of rotatable bonds is 3. The molecule has 2 aromatic rings. The van der Waals surface area contributed by atoms with Crippen LogP contribution in [0.25, 0.3) is 0 Å². The Labute approximate surface area is 118 Å². The van der Waals surface area contributed by atoms with E-state index in [4.69, 9.17) is 15.2 Å². The minimum absolute atomic E-state index is 0.0178. The first-order valence-corrected chi connectivity index (χ1v) is 6.06. The topological polar surface area (TPSA) is 125 Å². The van der Waals surface area contributed by atoms with Crippen LogP contribution < -0.4 is 20.5 Å². The van der Waals surface area contributed by atoms with Crippen molar-refractivity contribution < 1.29 is 14.4 Å². The molecule has 9 heteroatoms. The van der Waals surface area contributed by atoms with Crippen molar-refractivity contribution in [2.75, 3.05) is 24.3 Å². The highest BCUT2D eigenvalue weighted by atomic mass is 16.6. The van der Waals surface area contributed by atoms with Crippen molar-refractivity contribution >= 4 is 23.0 Å². The van der Waals surface area contributed by atoms with Crippen molar-refractivity contribution in [2.24, 2.45) is 0 Å². The summed E-state index contributed by atoms with van der Waals surface area (Å²) in [6.07, 6.45) is 1.16. The molecule has 0 radical (unpaired) electrons. The van der Waals surface area contributed by atoms with E-state index in [0.29, 0.717) is 30.4 Å². The molecule has 3 rings (SSSR count). The number of hydrogen-bond donors (Lipinski definition) is 2. The number of nitro groups is 1. The highest BCUT2D eigenvalue weighted by Crippen LogP contribution is 2.35. The fourth-order valence-corrected chi connectivity index (χ4v) is 1.92. The van der Waals surface area contributed by atoms with Gasteiger partial charge in [0, 0.05) is 11.8 Å². The highest BCUT2D eigenvalue weighted by molar-refractivity contribution is 5.73. The van der Waals surface area contributed by atoms with Gasteiger partial charge in [-0.05, 0) is 12.1 Å². The van der Waals surface area contributed by atoms with E-state index >= 15 is 0 Å². The van der Waals surface area contributed by atoms with Crippen LogP contribution in [-0.2, 0) is 0 Å².